The number of carbonyl (C=O) groups excluding carboxylic acids is 2. The Labute approximate surface area is 223 Å². The average Bonchev–Trinajstić information content (AvgIpc) is 2.80. The van der Waals surface area contributed by atoms with Crippen LogP contribution in [0.1, 0.15) is 65.5 Å². The van der Waals surface area contributed by atoms with E-state index >= 15 is 0 Å². The number of sulfonamides is 1. The molecule has 0 radical (unpaired) electrons. The van der Waals surface area contributed by atoms with E-state index in [1.807, 2.05) is 19.1 Å². The van der Waals surface area contributed by atoms with E-state index in [9.17, 15) is 23.1 Å². The van der Waals surface area contributed by atoms with E-state index in [2.05, 4.69) is 28.9 Å². The van der Waals surface area contributed by atoms with Gasteiger partial charge in [0.2, 0.25) is 0 Å². The van der Waals surface area contributed by atoms with Gasteiger partial charge in [-0.15, -0.1) is 4.40 Å². The van der Waals surface area contributed by atoms with E-state index in [4.69, 9.17) is 4.74 Å². The first-order valence-electron chi connectivity index (χ1n) is 12.5. The normalized spacial score (nSPS) is 20.3. The fourth-order valence-corrected chi connectivity index (χ4v) is 5.77. The number of carbonyl (C=O) groups is 2. The Morgan fingerprint density at radius 1 is 1.18 bits per heavy atom. The van der Waals surface area contributed by atoms with Crippen molar-refractivity contribution in [1.29, 1.82) is 0 Å². The lowest BCUT2D eigenvalue weighted by Crippen LogP contribution is -2.42. The molecule has 202 valence electrons. The molecule has 0 bridgehead atoms. The lowest BCUT2D eigenvalue weighted by Gasteiger charge is -2.36. The number of aliphatic hydroxyl groups excluding tert-OH is 1. The molecule has 1 aliphatic carbocycles. The summed E-state index contributed by atoms with van der Waals surface area (Å²) in [6.45, 7) is 11.1. The number of fused-ring (bicyclic) bond motifs is 2. The van der Waals surface area contributed by atoms with Crippen LogP contribution in [0, 0.1) is 5.92 Å². The molecule has 1 atom stereocenters. The smallest absolute Gasteiger partial charge is 0.412 e. The van der Waals surface area contributed by atoms with Crippen molar-refractivity contribution in [2.45, 2.75) is 70.3 Å². The SMILES string of the molecule is CC(C)CCC1(C)C(=O)C(C2=NS(=O)(=O)c3cc(NC(=O)OC(C)(C)C)ccc3N2)=C(O)c2ccccc21. The third kappa shape index (κ3) is 5.18. The monoisotopic (exact) mass is 539 g/mol. The molecule has 0 aromatic heterocycles. The third-order valence-electron chi connectivity index (χ3n) is 6.57. The summed E-state index contributed by atoms with van der Waals surface area (Å²) < 4.78 is 35.6. The van der Waals surface area contributed by atoms with Gasteiger partial charge in [0.1, 0.15) is 21.8 Å². The van der Waals surface area contributed by atoms with Gasteiger partial charge in [-0.2, -0.15) is 8.42 Å². The highest BCUT2D eigenvalue weighted by molar-refractivity contribution is 7.90. The molecule has 9 nitrogen and oxygen atoms in total. The summed E-state index contributed by atoms with van der Waals surface area (Å²) in [6, 6.07) is 11.3. The number of ether oxygens (including phenoxy) is 1. The average molecular weight is 540 g/mol. The van der Waals surface area contributed by atoms with E-state index in [1.54, 1.807) is 32.9 Å². The van der Waals surface area contributed by atoms with Crippen LogP contribution in [0.25, 0.3) is 5.76 Å². The number of nitrogens with zero attached hydrogens (tertiary/aromatic N) is 1. The quantitative estimate of drug-likeness (QED) is 0.438. The zero-order chi connectivity index (χ0) is 28.0. The van der Waals surface area contributed by atoms with Crippen molar-refractivity contribution in [3.05, 3.63) is 59.2 Å². The number of amides is 1. The van der Waals surface area contributed by atoms with Gasteiger partial charge in [0.15, 0.2) is 11.6 Å². The van der Waals surface area contributed by atoms with Crippen LogP contribution in [0.15, 0.2) is 57.3 Å². The molecule has 4 rings (SSSR count). The fourth-order valence-electron chi connectivity index (χ4n) is 4.62. The number of hydrogen-bond donors (Lipinski definition) is 3. The van der Waals surface area contributed by atoms with Gasteiger partial charge in [0.25, 0.3) is 10.0 Å². The second kappa shape index (κ2) is 9.58. The van der Waals surface area contributed by atoms with E-state index in [0.29, 0.717) is 23.5 Å². The van der Waals surface area contributed by atoms with E-state index in [-0.39, 0.29) is 33.4 Å². The maximum atomic E-state index is 13.9. The van der Waals surface area contributed by atoms with Crippen molar-refractivity contribution >= 4 is 44.9 Å². The predicted octanol–water partition coefficient (Wildman–Crippen LogP) is 5.79. The molecule has 0 saturated carbocycles. The molecule has 2 aromatic rings. The van der Waals surface area contributed by atoms with E-state index < -0.39 is 32.9 Å². The van der Waals surface area contributed by atoms with Crippen LogP contribution in [0.5, 0.6) is 0 Å². The summed E-state index contributed by atoms with van der Waals surface area (Å²) in [5, 5.41) is 16.6. The third-order valence-corrected chi connectivity index (χ3v) is 7.89. The molecule has 0 saturated heterocycles. The van der Waals surface area contributed by atoms with E-state index in [1.165, 1.54) is 18.2 Å². The minimum absolute atomic E-state index is 0.167. The summed E-state index contributed by atoms with van der Waals surface area (Å²) in [7, 11) is -4.29. The minimum atomic E-state index is -4.29. The van der Waals surface area contributed by atoms with E-state index in [0.717, 1.165) is 6.42 Å². The Kier molecular flexibility index (Phi) is 6.90. The zero-order valence-electron chi connectivity index (χ0n) is 22.4. The van der Waals surface area contributed by atoms with Gasteiger partial charge in [0.05, 0.1) is 11.1 Å². The maximum absolute atomic E-state index is 13.9. The van der Waals surface area contributed by atoms with Gasteiger partial charge < -0.3 is 15.2 Å². The van der Waals surface area contributed by atoms with Gasteiger partial charge in [-0.05, 0) is 70.2 Å². The highest BCUT2D eigenvalue weighted by atomic mass is 32.2. The topological polar surface area (TPSA) is 134 Å². The van der Waals surface area contributed by atoms with Crippen molar-refractivity contribution < 1.29 is 27.9 Å². The molecule has 3 N–H and O–H groups in total. The molecule has 38 heavy (non-hydrogen) atoms. The first kappa shape index (κ1) is 27.4. The number of Topliss-reactive ketones (excluding diaryl/α,β-unsaturated/α-hetero) is 1. The molecule has 10 heteroatoms. The van der Waals surface area contributed by atoms with Crippen LogP contribution in [0.3, 0.4) is 0 Å². The number of rotatable bonds is 5. The zero-order valence-corrected chi connectivity index (χ0v) is 23.2. The molecular formula is C28H33N3O6S. The largest absolute Gasteiger partial charge is 0.506 e. The Bertz CT molecular complexity index is 1480. The summed E-state index contributed by atoms with van der Waals surface area (Å²) in [5.41, 5.74) is -0.329. The highest BCUT2D eigenvalue weighted by Gasteiger charge is 2.46. The Hall–Kier alpha value is -3.66. The molecule has 0 fully saturated rings. The minimum Gasteiger partial charge on any atom is -0.506 e. The standard InChI is InChI=1S/C28H33N3O6S/c1-16(2)13-14-28(6)19-10-8-7-9-18(19)23(32)22(24(28)33)25-30-20-12-11-17(15-21(20)38(35,36)31-25)29-26(34)37-27(3,4)5/h7-12,15-16,32H,13-14H2,1-6H3,(H,29,34)(H,30,31). The van der Waals surface area contributed by atoms with Gasteiger partial charge >= 0.3 is 6.09 Å². The second-order valence-electron chi connectivity index (χ2n) is 11.2. The predicted molar refractivity (Wildman–Crippen MR) is 147 cm³/mol. The molecular weight excluding hydrogens is 506 g/mol. The number of aliphatic hydroxyl groups is 1. The van der Waals surface area contributed by atoms with Gasteiger partial charge in [-0.1, -0.05) is 38.1 Å². The summed E-state index contributed by atoms with van der Waals surface area (Å²) >= 11 is 0. The van der Waals surface area contributed by atoms with Gasteiger partial charge in [-0.3, -0.25) is 10.1 Å². The van der Waals surface area contributed by atoms with Crippen LogP contribution in [0.4, 0.5) is 16.2 Å². The van der Waals surface area contributed by atoms with Gasteiger partial charge in [-0.25, -0.2) is 4.79 Å². The Balaban J connectivity index is 1.74. The highest BCUT2D eigenvalue weighted by Crippen LogP contribution is 2.44. The summed E-state index contributed by atoms with van der Waals surface area (Å²) in [5.74, 6) is -0.614. The number of benzene rings is 2. The lowest BCUT2D eigenvalue weighted by molar-refractivity contribution is -0.120. The molecule has 1 amide bonds. The van der Waals surface area contributed by atoms with Crippen LogP contribution < -0.4 is 10.6 Å². The molecule has 0 spiro atoms. The van der Waals surface area contributed by atoms with Crippen molar-refractivity contribution in [2.75, 3.05) is 10.6 Å². The van der Waals surface area contributed by atoms with Crippen LogP contribution in [0.2, 0.25) is 0 Å². The Morgan fingerprint density at radius 2 is 1.87 bits per heavy atom. The summed E-state index contributed by atoms with van der Waals surface area (Å²) in [6.07, 6.45) is 0.553. The van der Waals surface area contributed by atoms with Crippen LogP contribution in [-0.2, 0) is 25.0 Å². The van der Waals surface area contributed by atoms with Crippen molar-refractivity contribution in [3.63, 3.8) is 0 Å². The van der Waals surface area contributed by atoms with Crippen molar-refractivity contribution in [2.24, 2.45) is 10.3 Å². The first-order chi connectivity index (χ1) is 17.6. The number of amidine groups is 1. The van der Waals surface area contributed by atoms with Gasteiger partial charge in [0, 0.05) is 11.3 Å². The number of hydrogen-bond acceptors (Lipinski definition) is 7. The molecule has 2 aliphatic rings. The van der Waals surface area contributed by atoms with Crippen LogP contribution >= 0.6 is 0 Å². The Morgan fingerprint density at radius 3 is 2.53 bits per heavy atom. The van der Waals surface area contributed by atoms with Crippen molar-refractivity contribution in [1.82, 2.24) is 0 Å². The maximum Gasteiger partial charge on any atom is 0.412 e. The summed E-state index contributed by atoms with van der Waals surface area (Å²) in [4.78, 5) is 25.9. The van der Waals surface area contributed by atoms with Crippen molar-refractivity contribution in [3.8, 4) is 0 Å². The molecule has 1 aliphatic heterocycles. The second-order valence-corrected chi connectivity index (χ2v) is 12.8. The van der Waals surface area contributed by atoms with Crippen LogP contribution in [-0.4, -0.2) is 36.8 Å². The lowest BCUT2D eigenvalue weighted by atomic mass is 9.66. The first-order valence-corrected chi connectivity index (χ1v) is 13.9. The number of ketones is 1. The molecule has 1 heterocycles. The number of nitrogens with one attached hydrogen (secondary N) is 2. The molecule has 2 aromatic carbocycles. The number of anilines is 2. The fraction of sp³-hybridized carbons (Fsp3) is 0.393. The molecule has 1 unspecified atom stereocenters.